The van der Waals surface area contributed by atoms with Gasteiger partial charge in [0.15, 0.2) is 0 Å². The lowest BCUT2D eigenvalue weighted by atomic mass is 9.88. The lowest BCUT2D eigenvalue weighted by Crippen LogP contribution is -2.58. The summed E-state index contributed by atoms with van der Waals surface area (Å²) >= 11 is 0. The molecule has 1 atom stereocenters. The number of hydrogen-bond donors (Lipinski definition) is 1. The monoisotopic (exact) mass is 268 g/mol. The molecule has 4 heteroatoms. The van der Waals surface area contributed by atoms with Crippen LogP contribution in [0, 0.1) is 11.8 Å². The molecule has 0 aliphatic heterocycles. The van der Waals surface area contributed by atoms with Crippen molar-refractivity contribution in [1.82, 2.24) is 4.90 Å². The summed E-state index contributed by atoms with van der Waals surface area (Å²) in [7, 11) is 3.52. The number of nitrogens with zero attached hydrogens (tertiary/aromatic N) is 1. The zero-order valence-corrected chi connectivity index (χ0v) is 12.4. The first-order valence-corrected chi connectivity index (χ1v) is 7.62. The number of rotatable bonds is 6. The number of methoxy groups -OCH3 is 1. The number of carbonyl (C=O) groups excluding carboxylic acids is 1. The third kappa shape index (κ3) is 3.69. The number of hydrogen-bond acceptors (Lipinski definition) is 4. The van der Waals surface area contributed by atoms with Crippen molar-refractivity contribution in [2.24, 2.45) is 17.6 Å². The van der Waals surface area contributed by atoms with E-state index in [9.17, 15) is 4.79 Å². The number of likely N-dealkylation sites (N-methyl/N-ethyl adjacent to an activating group) is 1. The van der Waals surface area contributed by atoms with Crippen molar-refractivity contribution in [3.05, 3.63) is 0 Å². The van der Waals surface area contributed by atoms with Crippen molar-refractivity contribution >= 4 is 5.97 Å². The van der Waals surface area contributed by atoms with Crippen LogP contribution in [0.5, 0.6) is 0 Å². The molecule has 0 bridgehead atoms. The van der Waals surface area contributed by atoms with Gasteiger partial charge in [0.1, 0.15) is 5.54 Å². The van der Waals surface area contributed by atoms with Crippen molar-refractivity contribution in [2.75, 3.05) is 27.2 Å². The molecule has 0 heterocycles. The van der Waals surface area contributed by atoms with E-state index in [2.05, 4.69) is 11.9 Å². The maximum atomic E-state index is 12.0. The van der Waals surface area contributed by atoms with E-state index in [4.69, 9.17) is 10.5 Å². The molecule has 2 fully saturated rings. The molecule has 0 amide bonds. The summed E-state index contributed by atoms with van der Waals surface area (Å²) < 4.78 is 4.92. The Morgan fingerprint density at radius 3 is 2.42 bits per heavy atom. The largest absolute Gasteiger partial charge is 0.468 e. The van der Waals surface area contributed by atoms with Crippen LogP contribution in [0.4, 0.5) is 0 Å². The van der Waals surface area contributed by atoms with Crippen LogP contribution < -0.4 is 5.73 Å². The van der Waals surface area contributed by atoms with Gasteiger partial charge in [-0.2, -0.15) is 0 Å². The summed E-state index contributed by atoms with van der Waals surface area (Å²) in [6.07, 6.45) is 8.85. The molecule has 2 N–H and O–H groups in total. The van der Waals surface area contributed by atoms with Crippen LogP contribution in [0.1, 0.15) is 44.9 Å². The van der Waals surface area contributed by atoms with Gasteiger partial charge >= 0.3 is 5.97 Å². The Morgan fingerprint density at radius 2 is 1.89 bits per heavy atom. The summed E-state index contributed by atoms with van der Waals surface area (Å²) in [6, 6.07) is 0. The molecule has 0 aromatic rings. The first-order chi connectivity index (χ1) is 9.06. The van der Waals surface area contributed by atoms with E-state index >= 15 is 0 Å². The van der Waals surface area contributed by atoms with Gasteiger partial charge in [0, 0.05) is 13.1 Å². The average molecular weight is 268 g/mol. The Morgan fingerprint density at radius 1 is 1.26 bits per heavy atom. The highest BCUT2D eigenvalue weighted by Crippen LogP contribution is 2.39. The highest BCUT2D eigenvalue weighted by atomic mass is 16.5. The standard InChI is InChI=1S/C15H28N2O2/c1-17(10-12-6-4-3-5-7-12)11-15(16,13-8-9-13)14(18)19-2/h12-13H,3-11,16H2,1-2H3. The molecule has 0 spiro atoms. The van der Waals surface area contributed by atoms with Gasteiger partial charge < -0.3 is 15.4 Å². The molecule has 0 aromatic heterocycles. The molecule has 0 radical (unpaired) electrons. The number of nitrogens with two attached hydrogens (primary N) is 1. The third-order valence-electron chi connectivity index (χ3n) is 4.70. The SMILES string of the molecule is COC(=O)C(N)(CN(C)CC1CCCCC1)C1CC1. The van der Waals surface area contributed by atoms with Crippen LogP contribution in [0.2, 0.25) is 0 Å². The molecule has 19 heavy (non-hydrogen) atoms. The molecular weight excluding hydrogens is 240 g/mol. The van der Waals surface area contributed by atoms with Crippen LogP contribution in [0.25, 0.3) is 0 Å². The summed E-state index contributed by atoms with van der Waals surface area (Å²) in [5.41, 5.74) is 5.55. The Kier molecular flexibility index (Phi) is 4.85. The molecule has 2 saturated carbocycles. The van der Waals surface area contributed by atoms with Crippen LogP contribution in [-0.2, 0) is 9.53 Å². The normalized spacial score (nSPS) is 24.2. The van der Waals surface area contributed by atoms with E-state index < -0.39 is 5.54 Å². The second kappa shape index (κ2) is 6.23. The van der Waals surface area contributed by atoms with Crippen LogP contribution >= 0.6 is 0 Å². The maximum absolute atomic E-state index is 12.0. The molecule has 2 rings (SSSR count). The van der Waals surface area contributed by atoms with Gasteiger partial charge in [0.2, 0.25) is 0 Å². The van der Waals surface area contributed by atoms with Crippen molar-refractivity contribution in [2.45, 2.75) is 50.5 Å². The van der Waals surface area contributed by atoms with Crippen molar-refractivity contribution in [3.8, 4) is 0 Å². The van der Waals surface area contributed by atoms with Gasteiger partial charge in [-0.15, -0.1) is 0 Å². The summed E-state index contributed by atoms with van der Waals surface area (Å²) in [4.78, 5) is 14.2. The predicted molar refractivity (Wildman–Crippen MR) is 75.7 cm³/mol. The van der Waals surface area contributed by atoms with E-state index in [1.54, 1.807) is 0 Å². The van der Waals surface area contributed by atoms with Gasteiger partial charge in [0.05, 0.1) is 7.11 Å². The van der Waals surface area contributed by atoms with Crippen molar-refractivity contribution in [3.63, 3.8) is 0 Å². The first kappa shape index (κ1) is 14.8. The zero-order chi connectivity index (χ0) is 13.9. The minimum Gasteiger partial charge on any atom is -0.468 e. The topological polar surface area (TPSA) is 55.6 Å². The Bertz CT molecular complexity index is 311. The number of ether oxygens (including phenoxy) is 1. The highest BCUT2D eigenvalue weighted by molar-refractivity contribution is 5.81. The van der Waals surface area contributed by atoms with E-state index in [1.807, 2.05) is 0 Å². The van der Waals surface area contributed by atoms with E-state index in [-0.39, 0.29) is 5.97 Å². The van der Waals surface area contributed by atoms with Gasteiger partial charge in [-0.3, -0.25) is 4.79 Å². The third-order valence-corrected chi connectivity index (χ3v) is 4.70. The Balaban J connectivity index is 1.87. The summed E-state index contributed by atoms with van der Waals surface area (Å²) in [5.74, 6) is 0.846. The molecular formula is C15H28N2O2. The average Bonchev–Trinajstić information content (AvgIpc) is 3.23. The lowest BCUT2D eigenvalue weighted by molar-refractivity contribution is -0.148. The Hall–Kier alpha value is -0.610. The van der Waals surface area contributed by atoms with Crippen LogP contribution in [0.15, 0.2) is 0 Å². The van der Waals surface area contributed by atoms with E-state index in [0.717, 1.165) is 25.3 Å². The van der Waals surface area contributed by atoms with E-state index in [1.165, 1.54) is 39.2 Å². The highest BCUT2D eigenvalue weighted by Gasteiger charge is 2.49. The van der Waals surface area contributed by atoms with Crippen molar-refractivity contribution < 1.29 is 9.53 Å². The summed E-state index contributed by atoms with van der Waals surface area (Å²) in [6.45, 7) is 1.68. The summed E-state index contributed by atoms with van der Waals surface area (Å²) in [5, 5.41) is 0. The first-order valence-electron chi connectivity index (χ1n) is 7.62. The molecule has 2 aliphatic carbocycles. The molecule has 2 aliphatic rings. The van der Waals surface area contributed by atoms with E-state index in [0.29, 0.717) is 12.5 Å². The fourth-order valence-corrected chi connectivity index (χ4v) is 3.47. The fraction of sp³-hybridized carbons (Fsp3) is 0.933. The Labute approximate surface area is 116 Å². The maximum Gasteiger partial charge on any atom is 0.327 e. The molecule has 110 valence electrons. The van der Waals surface area contributed by atoms with Crippen LogP contribution in [0.3, 0.4) is 0 Å². The van der Waals surface area contributed by atoms with Gasteiger partial charge in [-0.25, -0.2) is 0 Å². The van der Waals surface area contributed by atoms with Gasteiger partial charge in [-0.1, -0.05) is 19.3 Å². The minimum absolute atomic E-state index is 0.245. The van der Waals surface area contributed by atoms with Gasteiger partial charge in [0.25, 0.3) is 0 Å². The zero-order valence-electron chi connectivity index (χ0n) is 12.4. The fourth-order valence-electron chi connectivity index (χ4n) is 3.47. The smallest absolute Gasteiger partial charge is 0.327 e. The number of esters is 1. The molecule has 1 unspecified atom stereocenters. The van der Waals surface area contributed by atoms with Crippen molar-refractivity contribution in [1.29, 1.82) is 0 Å². The second-order valence-corrected chi connectivity index (χ2v) is 6.51. The molecule has 0 saturated heterocycles. The number of carbonyl (C=O) groups is 1. The lowest BCUT2D eigenvalue weighted by Gasteiger charge is -2.34. The predicted octanol–water partition coefficient (Wildman–Crippen LogP) is 1.78. The molecule has 4 nitrogen and oxygen atoms in total. The van der Waals surface area contributed by atoms with Gasteiger partial charge in [-0.05, 0) is 44.6 Å². The quantitative estimate of drug-likeness (QED) is 0.746. The molecule has 0 aromatic carbocycles. The van der Waals surface area contributed by atoms with Crippen LogP contribution in [-0.4, -0.2) is 43.7 Å². The minimum atomic E-state index is -0.793. The second-order valence-electron chi connectivity index (χ2n) is 6.51.